The van der Waals surface area contributed by atoms with Crippen LogP contribution in [0.2, 0.25) is 0 Å². The average Bonchev–Trinajstić information content (AvgIpc) is 3.35. The number of allylic oxidation sites excluding steroid dienone is 16. The lowest BCUT2D eigenvalue weighted by Gasteiger charge is -2.40. The van der Waals surface area contributed by atoms with Crippen molar-refractivity contribution in [1.82, 2.24) is 0 Å². The van der Waals surface area contributed by atoms with Crippen molar-refractivity contribution < 1.29 is 58.2 Å². The van der Waals surface area contributed by atoms with E-state index in [-0.39, 0.29) is 25.9 Å². The van der Waals surface area contributed by atoms with Crippen molar-refractivity contribution in [1.29, 1.82) is 0 Å². The van der Waals surface area contributed by atoms with E-state index in [4.69, 9.17) is 23.7 Å². The summed E-state index contributed by atoms with van der Waals surface area (Å²) in [6.45, 7) is 5.67. The number of esters is 3. The van der Waals surface area contributed by atoms with E-state index >= 15 is 0 Å². The van der Waals surface area contributed by atoms with E-state index in [9.17, 15) is 34.5 Å². The largest absolute Gasteiger partial charge is 0.479 e. The molecular weight excluding hydrogens is 901 g/mol. The Hall–Kier alpha value is -4.36. The van der Waals surface area contributed by atoms with Crippen molar-refractivity contribution in [3.63, 3.8) is 0 Å². The zero-order chi connectivity index (χ0) is 51.8. The van der Waals surface area contributed by atoms with Gasteiger partial charge in [-0.15, -0.1) is 0 Å². The molecule has 1 aliphatic heterocycles. The highest BCUT2D eigenvalue weighted by Gasteiger charge is 2.50. The molecule has 12 nitrogen and oxygen atoms in total. The van der Waals surface area contributed by atoms with Gasteiger partial charge in [0.2, 0.25) is 0 Å². The minimum Gasteiger partial charge on any atom is -0.479 e. The number of rotatable bonds is 44. The molecular formula is C59H94O12. The number of ether oxygens (including phenoxy) is 5. The third-order valence-corrected chi connectivity index (χ3v) is 11.7. The van der Waals surface area contributed by atoms with E-state index in [1.54, 1.807) is 0 Å². The van der Waals surface area contributed by atoms with Crippen LogP contribution in [0.5, 0.6) is 0 Å². The Labute approximate surface area is 428 Å². The van der Waals surface area contributed by atoms with Crippen LogP contribution in [0.3, 0.4) is 0 Å². The first-order valence-corrected chi connectivity index (χ1v) is 27.2. The molecule has 6 atom stereocenters. The Morgan fingerprint density at radius 2 is 0.915 bits per heavy atom. The highest BCUT2D eigenvalue weighted by Crippen LogP contribution is 2.26. The Balaban J connectivity index is 2.76. The topological polar surface area (TPSA) is 175 Å². The van der Waals surface area contributed by atoms with Crippen LogP contribution in [0.15, 0.2) is 97.2 Å². The molecule has 1 aliphatic rings. The van der Waals surface area contributed by atoms with Gasteiger partial charge in [-0.3, -0.25) is 14.4 Å². The van der Waals surface area contributed by atoms with E-state index in [2.05, 4.69) is 99.8 Å². The van der Waals surface area contributed by atoms with Gasteiger partial charge in [0.1, 0.15) is 18.8 Å². The van der Waals surface area contributed by atoms with Crippen molar-refractivity contribution in [3.05, 3.63) is 97.2 Å². The lowest BCUT2D eigenvalue weighted by Crippen LogP contribution is -2.61. The van der Waals surface area contributed by atoms with Crippen molar-refractivity contribution in [2.75, 3.05) is 13.2 Å². The van der Waals surface area contributed by atoms with Gasteiger partial charge in [0.25, 0.3) is 0 Å². The van der Waals surface area contributed by atoms with Crippen LogP contribution in [-0.2, 0) is 42.9 Å². The number of unbranched alkanes of at least 4 members (excludes halogenated alkanes) is 14. The van der Waals surface area contributed by atoms with Gasteiger partial charge in [0, 0.05) is 19.3 Å². The second-order valence-electron chi connectivity index (χ2n) is 18.1. The molecule has 0 radical (unpaired) electrons. The standard InChI is InChI=1S/C59H94O12/c1-4-7-10-13-16-19-22-24-25-26-27-29-31-33-36-39-42-45-51(60)67-48-50(69-52(61)46-43-40-37-34-30-21-18-15-12-9-6-3)49-68-59-57(55(64)54(63)56(71-59)58(65)66)70-53(62)47-44-41-38-35-32-28-23-20-17-14-11-8-5-2/h7-8,10-11,16-17,19-20,24-25,27-29,32,38,41,50,54-57,59,63-64H,4-6,9,12-15,18,21-23,26,30-31,33-37,39-40,42-49H2,1-3H3,(H,65,66)/b10-7-,11-8-,19-16-,20-17-,25-24-,29-27-,32-28-,41-38-. The summed E-state index contributed by atoms with van der Waals surface area (Å²) in [5, 5.41) is 31.3. The summed E-state index contributed by atoms with van der Waals surface area (Å²) in [7, 11) is 0. The number of carboxylic acid groups (broad SMARTS) is 1. The summed E-state index contributed by atoms with van der Waals surface area (Å²) in [6.07, 6.45) is 48.4. The minimum atomic E-state index is -1.93. The first-order valence-electron chi connectivity index (χ1n) is 27.2. The van der Waals surface area contributed by atoms with Crippen LogP contribution in [0, 0.1) is 0 Å². The van der Waals surface area contributed by atoms with E-state index in [1.165, 1.54) is 44.9 Å². The SMILES string of the molecule is CC/C=C\C/C=C\C/C=C\C/C=C\CCCCCCC(=O)OCC(COC1OC(C(=O)O)C(O)C(O)C1OC(=O)CC/C=C\C/C=C\C/C=C\C/C=C\CC)OC(=O)CCCCCCCCCCCCC. The first kappa shape index (κ1) is 64.7. The smallest absolute Gasteiger partial charge is 0.335 e. The molecule has 0 aromatic carbocycles. The second kappa shape index (κ2) is 46.7. The maximum absolute atomic E-state index is 13.1. The van der Waals surface area contributed by atoms with Crippen LogP contribution in [0.25, 0.3) is 0 Å². The Kier molecular flexibility index (Phi) is 42.5. The number of aliphatic hydroxyl groups is 2. The molecule has 1 rings (SSSR count). The summed E-state index contributed by atoms with van der Waals surface area (Å²) in [6, 6.07) is 0. The van der Waals surface area contributed by atoms with Gasteiger partial charge in [-0.1, -0.05) is 195 Å². The summed E-state index contributed by atoms with van der Waals surface area (Å²) in [5.74, 6) is -3.27. The lowest BCUT2D eigenvalue weighted by atomic mass is 9.98. The van der Waals surface area contributed by atoms with Crippen LogP contribution in [0.4, 0.5) is 0 Å². The third kappa shape index (κ3) is 37.1. The Morgan fingerprint density at radius 1 is 0.479 bits per heavy atom. The molecule has 0 spiro atoms. The average molecular weight is 995 g/mol. The van der Waals surface area contributed by atoms with Gasteiger partial charge in [-0.25, -0.2) is 4.79 Å². The number of carbonyl (C=O) groups excluding carboxylic acids is 3. The Morgan fingerprint density at radius 3 is 1.41 bits per heavy atom. The van der Waals surface area contributed by atoms with Crippen molar-refractivity contribution in [3.8, 4) is 0 Å². The molecule has 0 bridgehead atoms. The first-order chi connectivity index (χ1) is 34.6. The molecule has 71 heavy (non-hydrogen) atoms. The van der Waals surface area contributed by atoms with Crippen LogP contribution in [-0.4, -0.2) is 89.2 Å². The number of carbonyl (C=O) groups is 4. The highest BCUT2D eigenvalue weighted by atomic mass is 16.7. The van der Waals surface area contributed by atoms with Gasteiger partial charge in [0.05, 0.1) is 6.61 Å². The van der Waals surface area contributed by atoms with E-state index in [1.807, 2.05) is 18.2 Å². The number of carboxylic acids is 1. The van der Waals surface area contributed by atoms with E-state index < -0.39 is 67.3 Å². The van der Waals surface area contributed by atoms with Gasteiger partial charge in [0.15, 0.2) is 24.6 Å². The Bertz CT molecular complexity index is 1610. The quantitative estimate of drug-likeness (QED) is 0.0228. The van der Waals surface area contributed by atoms with Crippen LogP contribution < -0.4 is 0 Å². The van der Waals surface area contributed by atoms with Crippen LogP contribution >= 0.6 is 0 Å². The minimum absolute atomic E-state index is 0.0663. The summed E-state index contributed by atoms with van der Waals surface area (Å²) in [5.41, 5.74) is 0. The molecule has 0 aromatic heterocycles. The number of aliphatic hydroxyl groups excluding tert-OH is 2. The van der Waals surface area contributed by atoms with Crippen molar-refractivity contribution in [2.24, 2.45) is 0 Å². The molecule has 402 valence electrons. The zero-order valence-corrected chi connectivity index (χ0v) is 43.9. The number of hydrogen-bond acceptors (Lipinski definition) is 11. The van der Waals surface area contributed by atoms with Gasteiger partial charge in [-0.05, 0) is 83.5 Å². The maximum atomic E-state index is 13.1. The van der Waals surface area contributed by atoms with Crippen LogP contribution in [0.1, 0.15) is 201 Å². The number of hydrogen-bond donors (Lipinski definition) is 3. The molecule has 0 amide bonds. The molecule has 1 heterocycles. The van der Waals surface area contributed by atoms with E-state index in [0.717, 1.165) is 89.9 Å². The van der Waals surface area contributed by atoms with Gasteiger partial charge >= 0.3 is 23.9 Å². The predicted octanol–water partition coefficient (Wildman–Crippen LogP) is 13.3. The monoisotopic (exact) mass is 995 g/mol. The molecule has 1 saturated heterocycles. The summed E-state index contributed by atoms with van der Waals surface area (Å²) >= 11 is 0. The molecule has 0 aliphatic carbocycles. The maximum Gasteiger partial charge on any atom is 0.335 e. The normalized spacial score (nSPS) is 19.3. The van der Waals surface area contributed by atoms with Crippen molar-refractivity contribution >= 4 is 23.9 Å². The molecule has 3 N–H and O–H groups in total. The molecule has 12 heteroatoms. The molecule has 1 fully saturated rings. The fourth-order valence-corrected chi connectivity index (χ4v) is 7.55. The zero-order valence-electron chi connectivity index (χ0n) is 43.9. The lowest BCUT2D eigenvalue weighted by molar-refractivity contribution is -0.301. The third-order valence-electron chi connectivity index (χ3n) is 11.7. The molecule has 0 aromatic rings. The number of aliphatic carboxylic acids is 1. The predicted molar refractivity (Wildman–Crippen MR) is 284 cm³/mol. The second-order valence-corrected chi connectivity index (χ2v) is 18.1. The van der Waals surface area contributed by atoms with Crippen molar-refractivity contribution in [2.45, 2.75) is 237 Å². The fraction of sp³-hybridized carbons (Fsp3) is 0.661. The van der Waals surface area contributed by atoms with Gasteiger partial charge < -0.3 is 39.0 Å². The summed E-state index contributed by atoms with van der Waals surface area (Å²) < 4.78 is 28.2. The van der Waals surface area contributed by atoms with E-state index in [0.29, 0.717) is 25.7 Å². The molecule has 6 unspecified atom stereocenters. The summed E-state index contributed by atoms with van der Waals surface area (Å²) in [4.78, 5) is 50.9. The highest BCUT2D eigenvalue weighted by molar-refractivity contribution is 5.74. The molecule has 0 saturated carbocycles. The fourth-order valence-electron chi connectivity index (χ4n) is 7.55. The van der Waals surface area contributed by atoms with Gasteiger partial charge in [-0.2, -0.15) is 0 Å².